The highest BCUT2D eigenvalue weighted by molar-refractivity contribution is 8.16. The van der Waals surface area contributed by atoms with E-state index in [1.807, 2.05) is 0 Å². The van der Waals surface area contributed by atoms with Gasteiger partial charge in [0.25, 0.3) is 5.69 Å². The maximum absolute atomic E-state index is 11.7. The number of esters is 1. The van der Waals surface area contributed by atoms with Gasteiger partial charge in [-0.05, 0) is 43.1 Å². The molecule has 0 amide bonds. The first kappa shape index (κ1) is 17.9. The Morgan fingerprint density at radius 2 is 2.15 bits per heavy atom. The van der Waals surface area contributed by atoms with Crippen molar-refractivity contribution in [1.29, 1.82) is 1.34 Å². The van der Waals surface area contributed by atoms with Crippen LogP contribution >= 0.6 is 11.9 Å². The predicted molar refractivity (Wildman–Crippen MR) is 100 cm³/mol. The van der Waals surface area contributed by atoms with Gasteiger partial charge >= 0.3 is 5.97 Å². The largest absolute Gasteiger partial charge is 0.496 e. The van der Waals surface area contributed by atoms with E-state index in [9.17, 15) is 14.9 Å². The maximum Gasteiger partial charge on any atom is 0.341 e. The Hall–Kier alpha value is -2.88. The lowest BCUT2D eigenvalue weighted by Crippen LogP contribution is -2.06. The van der Waals surface area contributed by atoms with E-state index in [-0.39, 0.29) is 18.0 Å². The van der Waals surface area contributed by atoms with Crippen LogP contribution in [0.2, 0.25) is 0 Å². The summed E-state index contributed by atoms with van der Waals surface area (Å²) in [5.74, 6) is 0.105. The zero-order chi connectivity index (χ0) is 19.8. The molecule has 1 N–H and O–H groups in total. The van der Waals surface area contributed by atoms with Crippen LogP contribution in [0.5, 0.6) is 11.5 Å². The quantitative estimate of drug-likeness (QED) is 0.234. The number of anilines is 1. The van der Waals surface area contributed by atoms with Crippen LogP contribution in [0.1, 0.15) is 15.9 Å². The van der Waals surface area contributed by atoms with Crippen LogP contribution < -0.4 is 14.2 Å². The fraction of sp³-hybridized carbons (Fsp3) is 0.188. The van der Waals surface area contributed by atoms with Gasteiger partial charge in [0.15, 0.2) is 0 Å². The summed E-state index contributed by atoms with van der Waals surface area (Å²) >= 11 is 0.754. The molecule has 1 radical (unpaired) electrons. The zero-order valence-electron chi connectivity index (χ0n) is 15.1. The number of rotatable bonds is 9. The third kappa shape index (κ3) is 4.60. The molecule has 0 aromatic heterocycles. The molecule has 2 rings (SSSR count). The number of nitrogens with one attached hydrogen (secondary N) is 1. The molecule has 135 valence electrons. The number of nitro groups is 1. The summed E-state index contributed by atoms with van der Waals surface area (Å²) < 4.78 is 21.9. The van der Waals surface area contributed by atoms with E-state index >= 15 is 0 Å². The molecule has 0 unspecified atom stereocenters. The highest BCUT2D eigenvalue weighted by Crippen LogP contribution is 2.31. The zero-order valence-corrected chi connectivity index (χ0v) is 14.9. The van der Waals surface area contributed by atoms with E-state index in [1.165, 1.54) is 26.4 Å². The third-order valence-corrected chi connectivity index (χ3v) is 3.75. The monoisotopic (exact) mass is 377 g/mol. The summed E-state index contributed by atoms with van der Waals surface area (Å²) in [7, 11) is 3.70. The predicted octanol–water partition coefficient (Wildman–Crippen LogP) is 2.84. The second-order valence-corrected chi connectivity index (χ2v) is 5.35. The van der Waals surface area contributed by atoms with Gasteiger partial charge in [-0.3, -0.25) is 10.1 Å². The first-order valence-electron chi connectivity index (χ1n) is 7.88. The minimum absolute atomic E-state index is 0.156. The van der Waals surface area contributed by atoms with Gasteiger partial charge in [-0.1, -0.05) is 6.07 Å². The molecule has 0 saturated carbocycles. The molecule has 0 aliphatic heterocycles. The van der Waals surface area contributed by atoms with Crippen LogP contribution in [0.4, 0.5) is 11.4 Å². The summed E-state index contributed by atoms with van der Waals surface area (Å²) in [5.41, 5.74) is 1.20. The van der Waals surface area contributed by atoms with E-state index in [0.29, 0.717) is 17.0 Å². The van der Waals surface area contributed by atoms with Gasteiger partial charge in [0.1, 0.15) is 22.7 Å². The Balaban J connectivity index is 2.18. The first-order chi connectivity index (χ1) is 13.0. The molecule has 0 heterocycles. The van der Waals surface area contributed by atoms with Crippen molar-refractivity contribution in [3.63, 3.8) is 0 Å². The van der Waals surface area contributed by atoms with Crippen LogP contribution in [0.15, 0.2) is 36.4 Å². The SMILES string of the molecule is [3H][B]SOc1ccc(NCc2ccc(C(=O)OC)c(OC)c2)c([N+](=O)[O-])c1. The average Bonchev–Trinajstić information content (AvgIpc) is 2.69. The number of hydrogen-bond donors (Lipinski definition) is 1. The van der Waals surface area contributed by atoms with Crippen LogP contribution in [-0.4, -0.2) is 33.5 Å². The smallest absolute Gasteiger partial charge is 0.341 e. The Kier molecular flexibility index (Phi) is 6.21. The Morgan fingerprint density at radius 3 is 2.81 bits per heavy atom. The molecule has 0 aliphatic carbocycles. The van der Waals surface area contributed by atoms with Gasteiger partial charge in [0.2, 0.25) is 7.09 Å². The summed E-state index contributed by atoms with van der Waals surface area (Å²) in [6.45, 7) is 0.272. The summed E-state index contributed by atoms with van der Waals surface area (Å²) in [4.78, 5) is 22.5. The van der Waals surface area contributed by atoms with Crippen molar-refractivity contribution >= 4 is 36.3 Å². The topological polar surface area (TPSA) is 99.9 Å². The van der Waals surface area contributed by atoms with Gasteiger partial charge in [0, 0.05) is 6.54 Å². The van der Waals surface area contributed by atoms with E-state index < -0.39 is 10.9 Å². The molecule has 0 fully saturated rings. The van der Waals surface area contributed by atoms with Gasteiger partial charge in [0.05, 0.1) is 25.2 Å². The molecule has 2 aromatic carbocycles. The van der Waals surface area contributed by atoms with Crippen molar-refractivity contribution in [2.45, 2.75) is 6.54 Å². The van der Waals surface area contributed by atoms with Crippen LogP contribution in [0.3, 0.4) is 0 Å². The molecule has 8 nitrogen and oxygen atoms in total. The summed E-state index contributed by atoms with van der Waals surface area (Å²) in [6.07, 6.45) is 0. The molecule has 0 spiro atoms. The molecular formula is C16H16BN2O6S. The Bertz CT molecular complexity index is 839. The van der Waals surface area contributed by atoms with Crippen molar-refractivity contribution in [3.05, 3.63) is 57.6 Å². The second-order valence-electron chi connectivity index (χ2n) is 5.00. The molecular weight excluding hydrogens is 359 g/mol. The third-order valence-electron chi connectivity index (χ3n) is 3.46. The van der Waals surface area contributed by atoms with Crippen molar-refractivity contribution in [2.75, 3.05) is 19.5 Å². The number of nitrogens with zero attached hydrogens (tertiary/aromatic N) is 1. The van der Waals surface area contributed by atoms with E-state index in [1.54, 1.807) is 24.3 Å². The molecule has 0 saturated heterocycles. The van der Waals surface area contributed by atoms with Gasteiger partial charge in [-0.25, -0.2) is 4.79 Å². The van der Waals surface area contributed by atoms with E-state index in [0.717, 1.165) is 24.5 Å². The molecule has 10 heteroatoms. The average molecular weight is 377 g/mol. The van der Waals surface area contributed by atoms with Gasteiger partial charge in [-0.2, -0.15) is 0 Å². The molecule has 0 atom stereocenters. The second kappa shape index (κ2) is 9.00. The lowest BCUT2D eigenvalue weighted by atomic mass is 10.1. The molecule has 0 bridgehead atoms. The fourth-order valence-corrected chi connectivity index (χ4v) is 2.46. The number of ether oxygens (including phenoxy) is 2. The lowest BCUT2D eigenvalue weighted by Gasteiger charge is -2.11. The minimum Gasteiger partial charge on any atom is -0.496 e. The number of nitro benzene ring substituents is 1. The Labute approximate surface area is 156 Å². The van der Waals surface area contributed by atoms with E-state index in [4.69, 9.17) is 15.0 Å². The minimum atomic E-state index is -0.523. The number of hydrogen-bond acceptors (Lipinski definition) is 8. The fourth-order valence-electron chi connectivity index (χ4n) is 2.24. The highest BCUT2D eigenvalue weighted by atomic mass is 32.2. The Morgan fingerprint density at radius 1 is 1.35 bits per heavy atom. The van der Waals surface area contributed by atoms with Crippen LogP contribution in [0.25, 0.3) is 0 Å². The van der Waals surface area contributed by atoms with Gasteiger partial charge in [-0.15, -0.1) is 0 Å². The number of benzene rings is 2. The standard InChI is InChI=1S/C16H16BN2O6S/c1-23-15-7-10(3-5-12(15)16(20)24-2)9-18-13-6-4-11(25-26-17)8-14(13)19(21)22/h3-8,17-18H,9H2,1-2H3/i17T. The molecule has 2 aromatic rings. The van der Waals surface area contributed by atoms with Crippen LogP contribution in [0, 0.1) is 10.1 Å². The first-order valence-corrected chi connectivity index (χ1v) is 8.11. The number of carbonyl (C=O) groups is 1. The van der Waals surface area contributed by atoms with E-state index in [2.05, 4.69) is 5.32 Å². The normalized spacial score (nSPS) is 10.5. The van der Waals surface area contributed by atoms with Gasteiger partial charge < -0.3 is 19.0 Å². The van der Waals surface area contributed by atoms with Crippen molar-refractivity contribution in [2.24, 2.45) is 0 Å². The summed E-state index contributed by atoms with van der Waals surface area (Å²) in [6, 6.07) is 9.29. The number of methoxy groups -OCH3 is 2. The molecule has 0 aliphatic rings. The van der Waals surface area contributed by atoms with Crippen molar-refractivity contribution < 1.29 is 23.4 Å². The lowest BCUT2D eigenvalue weighted by molar-refractivity contribution is -0.384. The number of carbonyl (C=O) groups excluding carboxylic acids is 1. The maximum atomic E-state index is 11.7. The highest BCUT2D eigenvalue weighted by Gasteiger charge is 2.16. The van der Waals surface area contributed by atoms with Crippen molar-refractivity contribution in [1.82, 2.24) is 0 Å². The summed E-state index contributed by atoms with van der Waals surface area (Å²) in [5, 5.41) is 14.3. The van der Waals surface area contributed by atoms with Crippen LogP contribution in [-0.2, 0) is 11.3 Å². The van der Waals surface area contributed by atoms with Crippen molar-refractivity contribution in [3.8, 4) is 11.5 Å². The molecule has 26 heavy (non-hydrogen) atoms.